The molecule has 5 aromatic rings. The lowest BCUT2D eigenvalue weighted by atomic mass is 9.95. The number of benzene rings is 3. The molecule has 2 aliphatic heterocycles. The molecule has 9 nitrogen and oxygen atoms in total. The molecule has 0 radical (unpaired) electrons. The molecule has 3 aromatic carbocycles. The van der Waals surface area contributed by atoms with Gasteiger partial charge in [0.15, 0.2) is 11.5 Å². The summed E-state index contributed by atoms with van der Waals surface area (Å²) in [7, 11) is -1.37. The minimum atomic E-state index is -1.37. The molecule has 2 N–H and O–H groups in total. The van der Waals surface area contributed by atoms with Crippen molar-refractivity contribution in [2.45, 2.75) is 51.1 Å². The van der Waals surface area contributed by atoms with E-state index in [2.05, 4.69) is 5.32 Å². The van der Waals surface area contributed by atoms with Crippen LogP contribution < -0.4 is 14.8 Å². The second kappa shape index (κ2) is 12.0. The number of rotatable bonds is 8. The Morgan fingerprint density at radius 1 is 1.00 bits per heavy atom. The van der Waals surface area contributed by atoms with Crippen LogP contribution in [0.3, 0.4) is 0 Å². The number of fused-ring (bicyclic) bond motifs is 3. The number of nitrogens with zero attached hydrogens (tertiary/aromatic N) is 2. The molecular weight excluding hydrogens is 602 g/mol. The van der Waals surface area contributed by atoms with Crippen molar-refractivity contribution in [1.82, 2.24) is 14.6 Å². The first kappa shape index (κ1) is 30.2. The van der Waals surface area contributed by atoms with E-state index in [1.807, 2.05) is 97.9 Å². The predicted octanol–water partition coefficient (Wildman–Crippen LogP) is 6.52. The molecule has 2 aromatic heterocycles. The minimum absolute atomic E-state index is 0.0851. The average Bonchev–Trinajstić information content (AvgIpc) is 3.79. The van der Waals surface area contributed by atoms with Crippen LogP contribution in [0.1, 0.15) is 60.4 Å². The Morgan fingerprint density at radius 3 is 2.61 bits per heavy atom. The van der Waals surface area contributed by atoms with Gasteiger partial charge in [0.05, 0.1) is 16.5 Å². The summed E-state index contributed by atoms with van der Waals surface area (Å²) in [5.41, 5.74) is 5.95. The molecule has 10 heteroatoms. The van der Waals surface area contributed by atoms with Crippen LogP contribution in [0.2, 0.25) is 0 Å². The molecule has 0 fully saturated rings. The quantitative estimate of drug-likeness (QED) is 0.199. The number of aliphatic hydroxyl groups is 1. The summed E-state index contributed by atoms with van der Waals surface area (Å²) < 4.78 is 32.2. The van der Waals surface area contributed by atoms with E-state index >= 15 is 0 Å². The summed E-state index contributed by atoms with van der Waals surface area (Å²) >= 11 is 0. The fourth-order valence-corrected chi connectivity index (χ4v) is 7.48. The highest BCUT2D eigenvalue weighted by molar-refractivity contribution is 7.84. The van der Waals surface area contributed by atoms with Gasteiger partial charge >= 0.3 is 0 Å². The number of hydrogen-bond donors (Lipinski definition) is 2. The first-order valence-electron chi connectivity index (χ1n) is 15.3. The van der Waals surface area contributed by atoms with E-state index in [-0.39, 0.29) is 37.6 Å². The number of carbonyl (C=O) groups excluding carboxylic acids is 1. The Bertz CT molecular complexity index is 1950. The fraction of sp³-hybridized carbons (Fsp3) is 0.278. The Hall–Kier alpha value is -4.51. The fourth-order valence-electron chi connectivity index (χ4n) is 6.07. The molecule has 236 valence electrons. The molecule has 2 aliphatic rings. The lowest BCUT2D eigenvalue weighted by Gasteiger charge is -2.30. The Kier molecular flexibility index (Phi) is 7.88. The van der Waals surface area contributed by atoms with Gasteiger partial charge in [-0.1, -0.05) is 42.5 Å². The standard InChI is InChI=1S/C36H35N3O6S/c1-36(2,3)46(42)39-20-26-17-27(35(41)37-19-22-11-12-30-32(15-22)44-21-43-30)38-34(33(26)28(39)13-14-40)25-9-6-8-23(16-25)31-18-24-7-4-5-10-29(24)45-31/h4-12,15-18,28,40H,13-14,19-21H2,1-3H3,(H,37,41)/t28-,46-/m1/s1. The number of pyridine rings is 1. The first-order chi connectivity index (χ1) is 22.2. The number of amides is 1. The van der Waals surface area contributed by atoms with Crippen LogP contribution in [-0.4, -0.2) is 42.7 Å². The van der Waals surface area contributed by atoms with Crippen molar-refractivity contribution in [1.29, 1.82) is 0 Å². The molecule has 0 saturated heterocycles. The summed E-state index contributed by atoms with van der Waals surface area (Å²) in [6.07, 6.45) is 0.377. The van der Waals surface area contributed by atoms with Gasteiger partial charge in [-0.3, -0.25) is 4.79 Å². The average molecular weight is 638 g/mol. The molecule has 4 heterocycles. The minimum Gasteiger partial charge on any atom is -0.456 e. The van der Waals surface area contributed by atoms with Crippen LogP contribution in [0, 0.1) is 0 Å². The molecule has 46 heavy (non-hydrogen) atoms. The maximum absolute atomic E-state index is 13.8. The van der Waals surface area contributed by atoms with Gasteiger partial charge in [0.2, 0.25) is 6.79 Å². The molecule has 0 spiro atoms. The zero-order valence-corrected chi connectivity index (χ0v) is 26.7. The summed E-state index contributed by atoms with van der Waals surface area (Å²) in [6.45, 7) is 6.55. The molecule has 0 saturated carbocycles. The van der Waals surface area contributed by atoms with E-state index in [1.165, 1.54) is 0 Å². The van der Waals surface area contributed by atoms with Gasteiger partial charge in [-0.05, 0) is 74.7 Å². The topological polar surface area (TPSA) is 114 Å². The lowest BCUT2D eigenvalue weighted by molar-refractivity contribution is 0.0945. The van der Waals surface area contributed by atoms with Crippen molar-refractivity contribution in [3.8, 4) is 34.1 Å². The molecule has 7 rings (SSSR count). The summed E-state index contributed by atoms with van der Waals surface area (Å²) in [5.74, 6) is 1.72. The second-order valence-electron chi connectivity index (χ2n) is 12.5. The van der Waals surface area contributed by atoms with Crippen LogP contribution in [0.25, 0.3) is 33.6 Å². The largest absolute Gasteiger partial charge is 0.456 e. The van der Waals surface area contributed by atoms with E-state index in [0.29, 0.717) is 30.2 Å². The van der Waals surface area contributed by atoms with Crippen LogP contribution >= 0.6 is 0 Å². The van der Waals surface area contributed by atoms with Crippen LogP contribution in [-0.2, 0) is 24.1 Å². The van der Waals surface area contributed by atoms with Crippen molar-refractivity contribution in [2.24, 2.45) is 0 Å². The number of aliphatic hydroxyl groups excluding tert-OH is 1. The van der Waals surface area contributed by atoms with Crippen molar-refractivity contribution >= 4 is 27.9 Å². The van der Waals surface area contributed by atoms with Gasteiger partial charge in [-0.25, -0.2) is 13.5 Å². The van der Waals surface area contributed by atoms with Gasteiger partial charge in [0.25, 0.3) is 5.91 Å². The summed E-state index contributed by atoms with van der Waals surface area (Å²) in [4.78, 5) is 18.6. The SMILES string of the molecule is CC(C)(C)[S@@](=O)N1Cc2cc(C(=O)NCc3ccc4c(c3)OCO4)nc(-c3cccc(-c4cc5ccccc5o4)c3)c2[C@H]1CCO. The third kappa shape index (κ3) is 5.68. The molecule has 0 unspecified atom stereocenters. The Morgan fingerprint density at radius 2 is 1.80 bits per heavy atom. The van der Waals surface area contributed by atoms with Gasteiger partial charge in [0.1, 0.15) is 28.0 Å². The number of aromatic nitrogens is 1. The maximum atomic E-state index is 13.8. The van der Waals surface area contributed by atoms with Crippen LogP contribution in [0.15, 0.2) is 83.3 Å². The molecule has 0 aliphatic carbocycles. The molecule has 2 atom stereocenters. The number of ether oxygens (including phenoxy) is 2. The highest BCUT2D eigenvalue weighted by Crippen LogP contribution is 2.44. The number of para-hydroxylation sites is 1. The smallest absolute Gasteiger partial charge is 0.270 e. The molecule has 1 amide bonds. The summed E-state index contributed by atoms with van der Waals surface area (Å²) in [6, 6.07) is 24.8. The van der Waals surface area contributed by atoms with Crippen molar-refractivity contribution in [3.63, 3.8) is 0 Å². The van der Waals surface area contributed by atoms with E-state index in [1.54, 1.807) is 6.07 Å². The first-order valence-corrected chi connectivity index (χ1v) is 16.4. The second-order valence-corrected chi connectivity index (χ2v) is 14.7. The Labute approximate surface area is 269 Å². The van der Waals surface area contributed by atoms with E-state index in [9.17, 15) is 14.1 Å². The normalized spacial score (nSPS) is 16.5. The highest BCUT2D eigenvalue weighted by Gasteiger charge is 2.40. The van der Waals surface area contributed by atoms with Crippen molar-refractivity contribution in [2.75, 3.05) is 13.4 Å². The number of carbonyl (C=O) groups is 1. The summed E-state index contributed by atoms with van der Waals surface area (Å²) in [5, 5.41) is 14.1. The van der Waals surface area contributed by atoms with Crippen molar-refractivity contribution in [3.05, 3.63) is 101 Å². The third-order valence-electron chi connectivity index (χ3n) is 8.26. The maximum Gasteiger partial charge on any atom is 0.270 e. The van der Waals surface area contributed by atoms with Gasteiger partial charge in [-0.2, -0.15) is 0 Å². The van der Waals surface area contributed by atoms with E-state index < -0.39 is 15.7 Å². The van der Waals surface area contributed by atoms with E-state index in [0.717, 1.165) is 44.5 Å². The van der Waals surface area contributed by atoms with Crippen LogP contribution in [0.4, 0.5) is 0 Å². The number of furan rings is 1. The lowest BCUT2D eigenvalue weighted by Crippen LogP contribution is -2.36. The van der Waals surface area contributed by atoms with Gasteiger partial charge < -0.3 is 24.3 Å². The highest BCUT2D eigenvalue weighted by atomic mass is 32.2. The Balaban J connectivity index is 1.29. The number of hydrogen-bond acceptors (Lipinski definition) is 7. The number of nitrogens with one attached hydrogen (secondary N) is 1. The molecular formula is C36H35N3O6S. The third-order valence-corrected chi connectivity index (χ3v) is 10.1. The molecule has 0 bridgehead atoms. The van der Waals surface area contributed by atoms with Gasteiger partial charge in [-0.15, -0.1) is 0 Å². The van der Waals surface area contributed by atoms with E-state index in [4.69, 9.17) is 18.9 Å². The monoisotopic (exact) mass is 637 g/mol. The van der Waals surface area contributed by atoms with Gasteiger partial charge in [0, 0.05) is 41.8 Å². The van der Waals surface area contributed by atoms with Crippen LogP contribution in [0.5, 0.6) is 11.5 Å². The van der Waals surface area contributed by atoms with Crippen molar-refractivity contribution < 1.29 is 28.0 Å². The zero-order valence-electron chi connectivity index (χ0n) is 25.9. The predicted molar refractivity (Wildman–Crippen MR) is 176 cm³/mol. The zero-order chi connectivity index (χ0) is 32.0.